The van der Waals surface area contributed by atoms with E-state index < -0.39 is 0 Å². The van der Waals surface area contributed by atoms with E-state index in [2.05, 4.69) is 46.7 Å². The molecule has 0 saturated heterocycles. The second-order valence-corrected chi connectivity index (χ2v) is 8.81. The van der Waals surface area contributed by atoms with E-state index in [9.17, 15) is 9.59 Å². The van der Waals surface area contributed by atoms with Crippen LogP contribution in [0.25, 0.3) is 0 Å². The van der Waals surface area contributed by atoms with Crippen molar-refractivity contribution in [2.45, 2.75) is 50.9 Å². The number of amides is 2. The van der Waals surface area contributed by atoms with Crippen molar-refractivity contribution in [2.24, 2.45) is 0 Å². The molecule has 6 nitrogen and oxygen atoms in total. The molecule has 0 aliphatic heterocycles. The van der Waals surface area contributed by atoms with E-state index in [4.69, 9.17) is 0 Å². The Hall–Kier alpha value is -2.70. The number of hydrogen-bond acceptors (Lipinski definition) is 4. The Balaban J connectivity index is 1.70. The van der Waals surface area contributed by atoms with E-state index in [-0.39, 0.29) is 11.8 Å². The summed E-state index contributed by atoms with van der Waals surface area (Å²) in [6, 6.07) is 16.7. The van der Waals surface area contributed by atoms with Crippen molar-refractivity contribution in [1.82, 2.24) is 20.4 Å². The highest BCUT2D eigenvalue weighted by Gasteiger charge is 2.31. The van der Waals surface area contributed by atoms with Crippen molar-refractivity contribution in [2.75, 3.05) is 28.2 Å². The fraction of sp³-hybridized carbons (Fsp3) is 0.462. The topological polar surface area (TPSA) is 64.7 Å². The summed E-state index contributed by atoms with van der Waals surface area (Å²) in [7, 11) is 7.70. The number of carbonyl (C=O) groups is 2. The molecular formula is C26H36N4O2. The van der Waals surface area contributed by atoms with Crippen LogP contribution in [0.3, 0.4) is 0 Å². The minimum Gasteiger partial charge on any atom is -0.355 e. The van der Waals surface area contributed by atoms with E-state index in [1.54, 1.807) is 14.1 Å². The van der Waals surface area contributed by atoms with Gasteiger partial charge in [-0.25, -0.2) is 0 Å². The minimum atomic E-state index is -0.0521. The van der Waals surface area contributed by atoms with Crippen LogP contribution in [0.4, 0.5) is 0 Å². The number of nitrogens with zero attached hydrogens (tertiary/aromatic N) is 2. The summed E-state index contributed by atoms with van der Waals surface area (Å²) in [5.74, 6) is -0.104. The van der Waals surface area contributed by atoms with Gasteiger partial charge in [0.05, 0.1) is 0 Å². The van der Waals surface area contributed by atoms with Gasteiger partial charge in [0.15, 0.2) is 0 Å². The maximum Gasteiger partial charge on any atom is 0.251 e. The summed E-state index contributed by atoms with van der Waals surface area (Å²) in [5, 5.41) is 5.40. The molecule has 0 radical (unpaired) electrons. The quantitative estimate of drug-likeness (QED) is 0.667. The molecule has 2 unspecified atom stereocenters. The molecule has 0 bridgehead atoms. The summed E-state index contributed by atoms with van der Waals surface area (Å²) in [6.07, 6.45) is 4.81. The lowest BCUT2D eigenvalue weighted by molar-refractivity contribution is 0.0692. The first-order chi connectivity index (χ1) is 15.4. The minimum absolute atomic E-state index is 0.0521. The van der Waals surface area contributed by atoms with E-state index in [1.165, 1.54) is 25.7 Å². The van der Waals surface area contributed by atoms with Gasteiger partial charge in [0.1, 0.15) is 0 Å². The average Bonchev–Trinajstić information content (AvgIpc) is 2.83. The van der Waals surface area contributed by atoms with Gasteiger partial charge in [-0.05, 0) is 62.3 Å². The first kappa shape index (κ1) is 24.0. The van der Waals surface area contributed by atoms with Crippen LogP contribution >= 0.6 is 0 Å². The van der Waals surface area contributed by atoms with Crippen LogP contribution in [0.1, 0.15) is 57.5 Å². The Morgan fingerprint density at radius 2 is 1.19 bits per heavy atom. The third kappa shape index (κ3) is 5.96. The van der Waals surface area contributed by atoms with Gasteiger partial charge >= 0.3 is 0 Å². The van der Waals surface area contributed by atoms with Crippen LogP contribution in [-0.4, -0.2) is 61.9 Å². The van der Waals surface area contributed by atoms with Gasteiger partial charge in [0.2, 0.25) is 0 Å². The summed E-state index contributed by atoms with van der Waals surface area (Å²) in [4.78, 5) is 28.9. The zero-order valence-electron chi connectivity index (χ0n) is 19.7. The van der Waals surface area contributed by atoms with Gasteiger partial charge in [-0.3, -0.25) is 19.4 Å². The molecule has 0 heterocycles. The molecule has 2 atom stereocenters. The lowest BCUT2D eigenvalue weighted by Crippen LogP contribution is -2.50. The second-order valence-electron chi connectivity index (χ2n) is 8.81. The molecule has 2 amide bonds. The SMILES string of the molecule is CNC(=O)c1cccc(CN(C)C2CCCCC2N(C)Cc2cccc(C(=O)NC)c2)c1. The fourth-order valence-electron chi connectivity index (χ4n) is 4.84. The van der Waals surface area contributed by atoms with Crippen molar-refractivity contribution in [3.8, 4) is 0 Å². The van der Waals surface area contributed by atoms with Crippen LogP contribution < -0.4 is 10.6 Å². The van der Waals surface area contributed by atoms with Crippen molar-refractivity contribution in [3.05, 3.63) is 70.8 Å². The molecule has 32 heavy (non-hydrogen) atoms. The molecule has 1 fully saturated rings. The van der Waals surface area contributed by atoms with E-state index in [1.807, 2.05) is 36.4 Å². The van der Waals surface area contributed by atoms with E-state index in [0.717, 1.165) is 24.2 Å². The highest BCUT2D eigenvalue weighted by Crippen LogP contribution is 2.28. The molecule has 0 spiro atoms. The third-order valence-corrected chi connectivity index (χ3v) is 6.52. The molecule has 3 rings (SSSR count). The van der Waals surface area contributed by atoms with Crippen LogP contribution in [0.15, 0.2) is 48.5 Å². The molecule has 1 aliphatic carbocycles. The van der Waals surface area contributed by atoms with Crippen LogP contribution in [-0.2, 0) is 13.1 Å². The molecule has 6 heteroatoms. The van der Waals surface area contributed by atoms with Crippen molar-refractivity contribution >= 4 is 11.8 Å². The molecule has 2 N–H and O–H groups in total. The van der Waals surface area contributed by atoms with Gasteiger partial charge in [-0.15, -0.1) is 0 Å². The molecule has 0 aromatic heterocycles. The molecule has 2 aromatic carbocycles. The maximum absolute atomic E-state index is 12.0. The van der Waals surface area contributed by atoms with Gasteiger partial charge in [-0.1, -0.05) is 37.1 Å². The highest BCUT2D eigenvalue weighted by molar-refractivity contribution is 5.94. The number of hydrogen-bond donors (Lipinski definition) is 2. The van der Waals surface area contributed by atoms with E-state index >= 15 is 0 Å². The van der Waals surface area contributed by atoms with Gasteiger partial charge < -0.3 is 10.6 Å². The normalized spacial score (nSPS) is 18.6. The zero-order chi connectivity index (χ0) is 23.1. The molecule has 1 aliphatic rings. The summed E-state index contributed by atoms with van der Waals surface area (Å²) < 4.78 is 0. The summed E-state index contributed by atoms with van der Waals surface area (Å²) in [5.41, 5.74) is 3.70. The van der Waals surface area contributed by atoms with Crippen molar-refractivity contribution in [1.29, 1.82) is 0 Å². The van der Waals surface area contributed by atoms with Gasteiger partial charge in [0.25, 0.3) is 11.8 Å². The molecule has 172 valence electrons. The lowest BCUT2D eigenvalue weighted by Gasteiger charge is -2.42. The van der Waals surface area contributed by atoms with Crippen LogP contribution in [0.2, 0.25) is 0 Å². The number of rotatable bonds is 8. The summed E-state index contributed by atoms with van der Waals surface area (Å²) in [6.45, 7) is 1.62. The molecule has 1 saturated carbocycles. The Morgan fingerprint density at radius 1 is 0.781 bits per heavy atom. The Morgan fingerprint density at radius 3 is 1.56 bits per heavy atom. The zero-order valence-corrected chi connectivity index (χ0v) is 19.7. The summed E-state index contributed by atoms with van der Waals surface area (Å²) >= 11 is 0. The highest BCUT2D eigenvalue weighted by atomic mass is 16.2. The number of likely N-dealkylation sites (N-methyl/N-ethyl adjacent to an activating group) is 2. The first-order valence-electron chi connectivity index (χ1n) is 11.5. The van der Waals surface area contributed by atoms with Crippen LogP contribution in [0.5, 0.6) is 0 Å². The first-order valence-corrected chi connectivity index (χ1v) is 11.5. The van der Waals surface area contributed by atoms with Crippen LogP contribution in [0, 0.1) is 0 Å². The number of carbonyl (C=O) groups excluding carboxylic acids is 2. The molecule has 2 aromatic rings. The van der Waals surface area contributed by atoms with E-state index in [0.29, 0.717) is 23.2 Å². The Kier molecular flexibility index (Phi) is 8.42. The molecular weight excluding hydrogens is 400 g/mol. The lowest BCUT2D eigenvalue weighted by atomic mass is 9.88. The largest absolute Gasteiger partial charge is 0.355 e. The number of benzene rings is 2. The number of nitrogens with one attached hydrogen (secondary N) is 2. The predicted octanol–water partition coefficient (Wildman–Crippen LogP) is 3.28. The predicted molar refractivity (Wildman–Crippen MR) is 129 cm³/mol. The standard InChI is InChI=1S/C26H36N4O2/c1-27-25(31)21-11-7-9-19(15-21)17-29(3)23-13-5-6-14-24(23)30(4)18-20-10-8-12-22(16-20)26(32)28-2/h7-12,15-16,23-24H,5-6,13-14,17-18H2,1-4H3,(H,27,31)(H,28,32). The maximum atomic E-state index is 12.0. The van der Waals surface area contributed by atoms with Crippen molar-refractivity contribution in [3.63, 3.8) is 0 Å². The average molecular weight is 437 g/mol. The smallest absolute Gasteiger partial charge is 0.251 e. The monoisotopic (exact) mass is 436 g/mol. The Bertz CT molecular complexity index is 854. The third-order valence-electron chi connectivity index (χ3n) is 6.52. The Labute approximate surface area is 192 Å². The second kappa shape index (κ2) is 11.2. The fourth-order valence-corrected chi connectivity index (χ4v) is 4.84. The van der Waals surface area contributed by atoms with Gasteiger partial charge in [0, 0.05) is 50.4 Å². The van der Waals surface area contributed by atoms with Gasteiger partial charge in [-0.2, -0.15) is 0 Å². The van der Waals surface area contributed by atoms with Crippen molar-refractivity contribution < 1.29 is 9.59 Å².